The topological polar surface area (TPSA) is 200 Å². The van der Waals surface area contributed by atoms with Gasteiger partial charge >= 0.3 is 12.2 Å². The normalized spacial score (nSPS) is 13.8. The van der Waals surface area contributed by atoms with Crippen LogP contribution in [0.4, 0.5) is 14.7 Å². The maximum absolute atomic E-state index is 15.7. The number of carboxylic acid groups (broad SMARTS) is 1. The fourth-order valence-corrected chi connectivity index (χ4v) is 11.7. The van der Waals surface area contributed by atoms with Gasteiger partial charge in [0.2, 0.25) is 10.0 Å². The van der Waals surface area contributed by atoms with Crippen LogP contribution in [0, 0.1) is 5.92 Å². The maximum Gasteiger partial charge on any atom is 0.413 e. The van der Waals surface area contributed by atoms with E-state index in [1.807, 2.05) is 109 Å². The highest BCUT2D eigenvalue weighted by molar-refractivity contribution is 7.89. The zero-order valence-corrected chi connectivity index (χ0v) is 41.5. The van der Waals surface area contributed by atoms with Crippen molar-refractivity contribution >= 4 is 48.9 Å². The molecule has 366 valence electrons. The lowest BCUT2D eigenvalue weighted by Crippen LogP contribution is -2.47. The lowest BCUT2D eigenvalue weighted by molar-refractivity contribution is 0.0635. The molecular weight excluding hydrogens is 933 g/mol. The van der Waals surface area contributed by atoms with Crippen molar-refractivity contribution in [1.82, 2.24) is 34.4 Å². The second kappa shape index (κ2) is 21.3. The number of hydrogen-bond acceptors (Lipinski definition) is 13. The predicted octanol–water partition coefficient (Wildman–Crippen LogP) is 9.37. The van der Waals surface area contributed by atoms with Crippen molar-refractivity contribution in [2.24, 2.45) is 5.92 Å². The number of tetrazole rings is 1. The molecule has 2 amide bonds. The number of carbonyl (C=O) groups is 2. The first-order chi connectivity index (χ1) is 33.6. The minimum absolute atomic E-state index is 0.0789. The zero-order chi connectivity index (χ0) is 49.6. The van der Waals surface area contributed by atoms with Crippen LogP contribution in [-0.4, -0.2) is 105 Å². The van der Waals surface area contributed by atoms with Gasteiger partial charge in [-0.2, -0.15) is 4.31 Å². The second-order valence-electron chi connectivity index (χ2n) is 18.0. The van der Waals surface area contributed by atoms with Crippen LogP contribution in [0.25, 0.3) is 32.7 Å². The fourth-order valence-electron chi connectivity index (χ4n) is 8.66. The third-order valence-electron chi connectivity index (χ3n) is 12.2. The average molecular weight is 989 g/mol. The van der Waals surface area contributed by atoms with E-state index in [0.29, 0.717) is 64.2 Å². The van der Waals surface area contributed by atoms with E-state index in [4.69, 9.17) is 23.9 Å². The summed E-state index contributed by atoms with van der Waals surface area (Å²) in [5.74, 6) is 2.04. The highest BCUT2D eigenvalue weighted by atomic mass is 32.2. The van der Waals surface area contributed by atoms with Crippen LogP contribution in [0.5, 0.6) is 17.2 Å². The number of methoxy groups -OCH3 is 3. The van der Waals surface area contributed by atoms with Crippen molar-refractivity contribution in [2.45, 2.75) is 70.5 Å². The Morgan fingerprint density at radius 2 is 1.36 bits per heavy atom. The molecule has 0 bridgehead atoms. The van der Waals surface area contributed by atoms with E-state index in [1.165, 1.54) is 20.5 Å². The van der Waals surface area contributed by atoms with Crippen LogP contribution in [0.3, 0.4) is 0 Å². The van der Waals surface area contributed by atoms with Gasteiger partial charge in [-0.05, 0) is 133 Å². The third-order valence-corrected chi connectivity index (χ3v) is 15.4. The van der Waals surface area contributed by atoms with Crippen molar-refractivity contribution in [3.05, 3.63) is 131 Å². The minimum atomic E-state index is -4.16. The number of amides is 2. The van der Waals surface area contributed by atoms with Crippen LogP contribution in [0.2, 0.25) is 0 Å². The van der Waals surface area contributed by atoms with E-state index in [9.17, 15) is 14.7 Å². The molecule has 70 heavy (non-hydrogen) atoms. The number of aromatic nitrogens is 5. The minimum Gasteiger partial charge on any atom is -0.497 e. The molecule has 5 aromatic carbocycles. The summed E-state index contributed by atoms with van der Waals surface area (Å²) in [4.78, 5) is 31.2. The number of nitrogens with zero attached hydrogens (tertiary/aromatic N) is 7. The van der Waals surface area contributed by atoms with Gasteiger partial charge in [0.05, 0.1) is 43.3 Å². The predicted molar refractivity (Wildman–Crippen MR) is 268 cm³/mol. The number of anilines is 1. The molecule has 1 aliphatic heterocycles. The van der Waals surface area contributed by atoms with Gasteiger partial charge in [-0.15, -0.1) is 5.10 Å². The van der Waals surface area contributed by atoms with Gasteiger partial charge in [0.15, 0.2) is 11.0 Å². The number of sulfonamides is 1. The van der Waals surface area contributed by atoms with Crippen molar-refractivity contribution in [1.29, 1.82) is 0 Å². The quantitative estimate of drug-likeness (QED) is 0.0875. The van der Waals surface area contributed by atoms with Crippen LogP contribution in [-0.2, 0) is 40.8 Å². The Morgan fingerprint density at radius 1 is 0.786 bits per heavy atom. The summed E-state index contributed by atoms with van der Waals surface area (Å²) in [6.45, 7) is 6.24. The molecule has 19 heteroatoms. The van der Waals surface area contributed by atoms with Gasteiger partial charge in [-0.25, -0.2) is 27.7 Å². The van der Waals surface area contributed by atoms with Gasteiger partial charge in [0.25, 0.3) is 0 Å². The van der Waals surface area contributed by atoms with E-state index in [1.54, 1.807) is 46.8 Å². The van der Waals surface area contributed by atoms with Gasteiger partial charge in [-0.1, -0.05) is 72.0 Å². The first kappa shape index (κ1) is 49.3. The summed E-state index contributed by atoms with van der Waals surface area (Å²) in [5, 5.41) is 25.2. The Balaban J connectivity index is 1.23. The zero-order valence-electron chi connectivity index (χ0n) is 39.9. The molecule has 7 aromatic rings. The Labute approximate surface area is 411 Å². The van der Waals surface area contributed by atoms with E-state index in [-0.39, 0.29) is 32.6 Å². The van der Waals surface area contributed by atoms with Crippen molar-refractivity contribution in [2.75, 3.05) is 39.7 Å². The number of benzene rings is 5. The van der Waals surface area contributed by atoms with E-state index in [0.717, 1.165) is 32.5 Å². The Bertz CT molecular complexity index is 2990. The number of para-hydroxylation sites is 1. The molecule has 1 aliphatic rings. The molecule has 1 unspecified atom stereocenters. The number of carbonyl (C=O) groups excluding carboxylic acids is 1. The monoisotopic (exact) mass is 988 g/mol. The van der Waals surface area contributed by atoms with Crippen molar-refractivity contribution in [3.63, 3.8) is 0 Å². The van der Waals surface area contributed by atoms with Crippen molar-refractivity contribution in [3.8, 4) is 39.8 Å². The molecule has 0 saturated carbocycles. The number of likely N-dealkylation sites (tertiary alicyclic amines) is 1. The number of fused-ring (bicyclic) bond motifs is 1. The second-order valence-corrected chi connectivity index (χ2v) is 21.2. The molecule has 2 aromatic heterocycles. The molecule has 1 saturated heterocycles. The van der Waals surface area contributed by atoms with Gasteiger partial charge < -0.3 is 29.0 Å². The summed E-state index contributed by atoms with van der Waals surface area (Å²) in [7, 11) is 0.606. The number of hydrogen-bond donors (Lipinski definition) is 2. The van der Waals surface area contributed by atoms with Gasteiger partial charge in [0, 0.05) is 37.3 Å². The summed E-state index contributed by atoms with van der Waals surface area (Å²) in [5.41, 5.74) is 5.17. The number of thiazole rings is 1. The Morgan fingerprint density at radius 3 is 1.91 bits per heavy atom. The molecule has 3 heterocycles. The number of ether oxygens (including phenoxy) is 4. The van der Waals surface area contributed by atoms with Crippen LogP contribution < -0.4 is 19.5 Å². The third kappa shape index (κ3) is 11.7. The van der Waals surface area contributed by atoms with Gasteiger partial charge in [0.1, 0.15) is 22.8 Å². The van der Waals surface area contributed by atoms with Crippen molar-refractivity contribution < 1.29 is 42.1 Å². The maximum atomic E-state index is 15.7. The summed E-state index contributed by atoms with van der Waals surface area (Å²) in [6.07, 6.45) is -0.855. The fraction of sp³-hybridized carbons (Fsp3) is 0.333. The lowest BCUT2D eigenvalue weighted by atomic mass is 9.88. The highest BCUT2D eigenvalue weighted by Gasteiger charge is 2.40. The molecule has 0 radical (unpaired) electrons. The molecule has 17 nitrogen and oxygen atoms in total. The molecule has 2 N–H and O–H groups in total. The first-order valence-electron chi connectivity index (χ1n) is 22.8. The van der Waals surface area contributed by atoms with Crippen LogP contribution in [0.15, 0.2) is 109 Å². The standard InChI is InChI=1S/C51H56N8O9S2/c1-51(2,3)68-49(60)53-48-52-46-42(8-7-9-44(46)69-48)41-23-16-36(28-43(41)47-54-55-56-59(47)32-35-14-21-40(67-6)22-15-35)29-45(37-24-26-57(27-25-37)50(61)62)70(63,64)58(30-33-10-17-38(65-4)18-11-33)31-34-12-19-39(66-5)20-13-34/h7-23,28,37,45H,24-27,29-32H2,1-6H3,(H,61,62)(H,52,53,60). The van der Waals surface area contributed by atoms with Gasteiger partial charge in [-0.3, -0.25) is 5.32 Å². The Hall–Kier alpha value is -7.09. The van der Waals surface area contributed by atoms with E-state index in [2.05, 4.69) is 20.8 Å². The molecular formula is C51H56N8O9S2. The molecule has 0 aliphatic carbocycles. The largest absolute Gasteiger partial charge is 0.497 e. The average Bonchev–Trinajstić information content (AvgIpc) is 3.99. The first-order valence-corrected chi connectivity index (χ1v) is 25.1. The van der Waals surface area contributed by atoms with Crippen LogP contribution >= 0.6 is 11.3 Å². The summed E-state index contributed by atoms with van der Waals surface area (Å²) in [6, 6.07) is 33.9. The molecule has 1 atom stereocenters. The SMILES string of the molecule is COc1ccc(CN(Cc2ccc(OC)cc2)S(=O)(=O)C(Cc2ccc(-c3cccc4sc(NC(=O)OC(C)(C)C)nc34)c(-c3nnnn3Cc3ccc(OC)cc3)c2)C2CCN(C(=O)O)CC2)cc1. The van der Waals surface area contributed by atoms with E-state index < -0.39 is 39.0 Å². The number of rotatable bonds is 17. The molecule has 8 rings (SSSR count). The smallest absolute Gasteiger partial charge is 0.413 e. The Kier molecular flexibility index (Phi) is 15.0. The van der Waals surface area contributed by atoms with Crippen LogP contribution in [0.1, 0.15) is 55.9 Å². The summed E-state index contributed by atoms with van der Waals surface area (Å²) >= 11 is 1.31. The molecule has 1 fully saturated rings. The highest BCUT2D eigenvalue weighted by Crippen LogP contribution is 2.40. The number of piperidine rings is 1. The number of nitrogens with one attached hydrogen (secondary N) is 1. The molecule has 0 spiro atoms. The lowest BCUT2D eigenvalue weighted by Gasteiger charge is -2.37. The summed E-state index contributed by atoms with van der Waals surface area (Å²) < 4.78 is 57.1. The van der Waals surface area contributed by atoms with E-state index >= 15 is 8.42 Å².